The second-order valence-corrected chi connectivity index (χ2v) is 7.92. The molecule has 1 heteroatoms. The molecule has 21 heavy (non-hydrogen) atoms. The van der Waals surface area contributed by atoms with Gasteiger partial charge in [0.15, 0.2) is 0 Å². The zero-order valence-corrected chi connectivity index (χ0v) is 13.9. The van der Waals surface area contributed by atoms with E-state index in [1.807, 2.05) is 0 Å². The molecule has 116 valence electrons. The molecule has 0 amide bonds. The molecule has 2 fully saturated rings. The third kappa shape index (κ3) is 3.69. The van der Waals surface area contributed by atoms with Crippen molar-refractivity contribution in [1.29, 1.82) is 0 Å². The summed E-state index contributed by atoms with van der Waals surface area (Å²) in [5, 5.41) is 3.79. The van der Waals surface area contributed by atoms with Crippen LogP contribution in [0.4, 0.5) is 0 Å². The van der Waals surface area contributed by atoms with Crippen molar-refractivity contribution in [2.24, 2.45) is 23.7 Å². The highest BCUT2D eigenvalue weighted by Crippen LogP contribution is 2.49. The molecular formula is C20H31N. The molecule has 0 heterocycles. The second-order valence-electron chi connectivity index (χ2n) is 7.92. The van der Waals surface area contributed by atoms with Crippen molar-refractivity contribution in [3.63, 3.8) is 0 Å². The quantitative estimate of drug-likeness (QED) is 0.791. The molecule has 0 spiro atoms. The fraction of sp³-hybridized carbons (Fsp3) is 0.700. The Bertz CT molecular complexity index is 447. The van der Waals surface area contributed by atoms with Crippen LogP contribution in [0.1, 0.15) is 57.6 Å². The minimum atomic E-state index is 0.677. The van der Waals surface area contributed by atoms with E-state index in [2.05, 4.69) is 50.4 Å². The van der Waals surface area contributed by atoms with E-state index in [4.69, 9.17) is 0 Å². The van der Waals surface area contributed by atoms with E-state index in [0.29, 0.717) is 6.04 Å². The molecule has 0 aliphatic heterocycles. The molecule has 0 saturated heterocycles. The lowest BCUT2D eigenvalue weighted by Gasteiger charge is -2.28. The lowest BCUT2D eigenvalue weighted by Crippen LogP contribution is -2.35. The van der Waals surface area contributed by atoms with Crippen molar-refractivity contribution in [3.8, 4) is 0 Å². The highest BCUT2D eigenvalue weighted by Gasteiger charge is 2.41. The highest BCUT2D eigenvalue weighted by molar-refractivity contribution is 5.22. The van der Waals surface area contributed by atoms with Gasteiger partial charge in [-0.2, -0.15) is 0 Å². The summed E-state index contributed by atoms with van der Waals surface area (Å²) >= 11 is 0. The molecule has 2 bridgehead atoms. The topological polar surface area (TPSA) is 12.0 Å². The molecule has 2 aliphatic carbocycles. The van der Waals surface area contributed by atoms with Crippen LogP contribution in [-0.4, -0.2) is 6.04 Å². The molecule has 2 saturated carbocycles. The van der Waals surface area contributed by atoms with E-state index in [0.717, 1.165) is 30.2 Å². The maximum atomic E-state index is 3.79. The lowest BCUT2D eigenvalue weighted by atomic mass is 9.84. The van der Waals surface area contributed by atoms with Crippen molar-refractivity contribution < 1.29 is 0 Å². The van der Waals surface area contributed by atoms with Gasteiger partial charge < -0.3 is 5.32 Å². The summed E-state index contributed by atoms with van der Waals surface area (Å²) < 4.78 is 0. The predicted octanol–water partition coefficient (Wildman–Crippen LogP) is 4.80. The smallest absolute Gasteiger partial charge is 0.0208 e. The Labute approximate surface area is 130 Å². The normalized spacial score (nSPS) is 29.2. The van der Waals surface area contributed by atoms with Crippen LogP contribution in [-0.2, 0) is 13.0 Å². The van der Waals surface area contributed by atoms with Gasteiger partial charge in [0.05, 0.1) is 0 Å². The molecule has 1 N–H and O–H groups in total. The summed E-state index contributed by atoms with van der Waals surface area (Å²) in [5.74, 6) is 3.75. The van der Waals surface area contributed by atoms with Gasteiger partial charge in [0.25, 0.3) is 0 Å². The van der Waals surface area contributed by atoms with Crippen LogP contribution in [0.3, 0.4) is 0 Å². The average Bonchev–Trinajstić information content (AvgIpc) is 3.08. The minimum Gasteiger partial charge on any atom is -0.310 e. The molecule has 3 rings (SSSR count). The van der Waals surface area contributed by atoms with E-state index < -0.39 is 0 Å². The van der Waals surface area contributed by atoms with Gasteiger partial charge in [-0.25, -0.2) is 0 Å². The number of hydrogen-bond donors (Lipinski definition) is 1. The summed E-state index contributed by atoms with van der Waals surface area (Å²) in [6.45, 7) is 7.99. The Morgan fingerprint density at radius 1 is 1.00 bits per heavy atom. The molecule has 1 aromatic rings. The fourth-order valence-corrected chi connectivity index (χ4v) is 4.60. The SMILES string of the molecule is CC(C)Cc1ccc(CNC(C)C2CC3CCC2C3)cc1. The number of benzene rings is 1. The van der Waals surface area contributed by atoms with Crippen molar-refractivity contribution in [2.75, 3.05) is 0 Å². The molecule has 1 aromatic carbocycles. The third-order valence-corrected chi connectivity index (χ3v) is 5.73. The van der Waals surface area contributed by atoms with E-state index in [1.54, 1.807) is 0 Å². The van der Waals surface area contributed by atoms with Crippen LogP contribution < -0.4 is 5.32 Å². The Morgan fingerprint density at radius 2 is 1.71 bits per heavy atom. The van der Waals surface area contributed by atoms with Crippen LogP contribution in [0.15, 0.2) is 24.3 Å². The average molecular weight is 285 g/mol. The van der Waals surface area contributed by atoms with Gasteiger partial charge in [-0.15, -0.1) is 0 Å². The summed E-state index contributed by atoms with van der Waals surface area (Å²) in [6.07, 6.45) is 7.18. The first-order valence-electron chi connectivity index (χ1n) is 8.93. The number of hydrogen-bond acceptors (Lipinski definition) is 1. The van der Waals surface area contributed by atoms with Crippen LogP contribution in [0.5, 0.6) is 0 Å². The summed E-state index contributed by atoms with van der Waals surface area (Å²) in [4.78, 5) is 0. The van der Waals surface area contributed by atoms with Gasteiger partial charge in [-0.05, 0) is 67.4 Å². The molecule has 1 nitrogen and oxygen atoms in total. The number of nitrogens with one attached hydrogen (secondary N) is 1. The summed E-state index contributed by atoms with van der Waals surface area (Å²) in [7, 11) is 0. The zero-order chi connectivity index (χ0) is 14.8. The number of fused-ring (bicyclic) bond motifs is 2. The predicted molar refractivity (Wildman–Crippen MR) is 90.2 cm³/mol. The van der Waals surface area contributed by atoms with Gasteiger partial charge >= 0.3 is 0 Å². The largest absolute Gasteiger partial charge is 0.310 e. The minimum absolute atomic E-state index is 0.677. The van der Waals surface area contributed by atoms with Gasteiger partial charge in [0.1, 0.15) is 0 Å². The monoisotopic (exact) mass is 285 g/mol. The molecule has 0 radical (unpaired) electrons. The van der Waals surface area contributed by atoms with E-state index in [9.17, 15) is 0 Å². The standard InChI is InChI=1S/C20H31N/c1-14(2)10-16-4-6-17(7-5-16)13-21-15(3)20-12-18-8-9-19(20)11-18/h4-7,14-15,18-21H,8-13H2,1-3H3. The Morgan fingerprint density at radius 3 is 2.29 bits per heavy atom. The van der Waals surface area contributed by atoms with Crippen molar-refractivity contribution in [3.05, 3.63) is 35.4 Å². The number of rotatable bonds is 6. The maximum Gasteiger partial charge on any atom is 0.0208 e. The highest BCUT2D eigenvalue weighted by atomic mass is 14.9. The lowest BCUT2D eigenvalue weighted by molar-refractivity contribution is 0.259. The van der Waals surface area contributed by atoms with E-state index in [-0.39, 0.29) is 0 Å². The van der Waals surface area contributed by atoms with E-state index >= 15 is 0 Å². The van der Waals surface area contributed by atoms with Crippen molar-refractivity contribution in [1.82, 2.24) is 5.32 Å². The Kier molecular flexibility index (Phi) is 4.69. The van der Waals surface area contributed by atoms with E-state index in [1.165, 1.54) is 43.2 Å². The second kappa shape index (κ2) is 6.52. The van der Waals surface area contributed by atoms with Gasteiger partial charge in [-0.3, -0.25) is 0 Å². The first-order valence-corrected chi connectivity index (χ1v) is 8.93. The summed E-state index contributed by atoms with van der Waals surface area (Å²) in [5.41, 5.74) is 2.90. The van der Waals surface area contributed by atoms with Crippen molar-refractivity contribution in [2.45, 2.75) is 65.5 Å². The molecule has 2 aliphatic rings. The van der Waals surface area contributed by atoms with Gasteiger partial charge in [0, 0.05) is 12.6 Å². The maximum absolute atomic E-state index is 3.79. The fourth-order valence-electron chi connectivity index (χ4n) is 4.60. The van der Waals surface area contributed by atoms with Crippen LogP contribution in [0.2, 0.25) is 0 Å². The van der Waals surface area contributed by atoms with Crippen LogP contribution >= 0.6 is 0 Å². The molecule has 4 unspecified atom stereocenters. The molecule has 4 atom stereocenters. The van der Waals surface area contributed by atoms with Gasteiger partial charge in [0.2, 0.25) is 0 Å². The third-order valence-electron chi connectivity index (χ3n) is 5.73. The molecular weight excluding hydrogens is 254 g/mol. The van der Waals surface area contributed by atoms with Gasteiger partial charge in [-0.1, -0.05) is 44.5 Å². The summed E-state index contributed by atoms with van der Waals surface area (Å²) in [6, 6.07) is 9.89. The first kappa shape index (κ1) is 15.1. The van der Waals surface area contributed by atoms with Crippen LogP contribution in [0, 0.1) is 23.7 Å². The van der Waals surface area contributed by atoms with Crippen LogP contribution in [0.25, 0.3) is 0 Å². The Balaban J connectivity index is 1.48. The molecule has 0 aromatic heterocycles. The zero-order valence-electron chi connectivity index (χ0n) is 13.9. The Hall–Kier alpha value is -0.820. The first-order chi connectivity index (χ1) is 10.1. The van der Waals surface area contributed by atoms with Crippen molar-refractivity contribution >= 4 is 0 Å².